The Hall–Kier alpha value is -3.76. The number of rotatable bonds is 4. The van der Waals surface area contributed by atoms with E-state index in [0.29, 0.717) is 12.1 Å². The van der Waals surface area contributed by atoms with Crippen molar-refractivity contribution in [1.29, 1.82) is 0 Å². The molecule has 6 nitrogen and oxygen atoms in total. The Balaban J connectivity index is 2.18. The van der Waals surface area contributed by atoms with Crippen molar-refractivity contribution in [2.45, 2.75) is 24.9 Å². The van der Waals surface area contributed by atoms with E-state index in [-0.39, 0.29) is 21.7 Å². The van der Waals surface area contributed by atoms with E-state index in [1.165, 1.54) is 19.9 Å². The predicted octanol–water partition coefficient (Wildman–Crippen LogP) is 5.38. The highest BCUT2D eigenvalue weighted by molar-refractivity contribution is 7.92. The van der Waals surface area contributed by atoms with Crippen molar-refractivity contribution < 1.29 is 44.4 Å². The molecule has 3 rings (SSSR count). The van der Waals surface area contributed by atoms with Gasteiger partial charge in [-0.3, -0.25) is 4.98 Å². The van der Waals surface area contributed by atoms with Gasteiger partial charge < -0.3 is 4.84 Å². The third-order valence-corrected chi connectivity index (χ3v) is 6.66. The maximum absolute atomic E-state index is 15.0. The molecule has 0 aliphatic heterocycles. The lowest BCUT2D eigenvalue weighted by atomic mass is 10.1. The predicted molar refractivity (Wildman–Crippen MR) is 119 cm³/mol. The van der Waals surface area contributed by atoms with Crippen LogP contribution in [0.25, 0.3) is 0 Å². The van der Waals surface area contributed by atoms with Crippen LogP contribution in [0, 0.1) is 43.1 Å². The van der Waals surface area contributed by atoms with Crippen LogP contribution in [-0.4, -0.2) is 25.5 Å². The summed E-state index contributed by atoms with van der Waals surface area (Å²) >= 11 is 5.97. The Morgan fingerprint density at radius 3 is 2.14 bits per heavy atom. The molecule has 0 saturated carbocycles. The van der Waals surface area contributed by atoms with Gasteiger partial charge in [-0.2, -0.15) is 21.6 Å². The molecule has 0 atom stereocenters. The zero-order chi connectivity index (χ0) is 27.7. The number of halogens is 7. The largest absolute Gasteiger partial charge is 0.493 e. The summed E-state index contributed by atoms with van der Waals surface area (Å²) in [6.45, 7) is 2.59. The summed E-state index contributed by atoms with van der Waals surface area (Å²) in [4.78, 5) is 18.3. The van der Waals surface area contributed by atoms with Crippen LogP contribution in [0.2, 0.25) is 5.02 Å². The SMILES string of the molecule is Cc1cc(Cl)c(C)c(S(=O)(=O)N(OC(=O)C(F)(F)F)c2c(F)cc(C#Cc3cncc(F)c3)cc2F)c1. The van der Waals surface area contributed by atoms with Crippen molar-refractivity contribution in [2.24, 2.45) is 0 Å². The normalized spacial score (nSPS) is 11.5. The van der Waals surface area contributed by atoms with Gasteiger partial charge in [0, 0.05) is 22.3 Å². The van der Waals surface area contributed by atoms with Crippen LogP contribution in [0.3, 0.4) is 0 Å². The molecule has 0 saturated heterocycles. The molecule has 14 heteroatoms. The standard InChI is InChI=1S/C23H13ClF6N2O4S/c1-12-5-17(24)13(2)20(6-12)37(34,35)32(36-22(33)23(28,29)30)21-18(26)8-14(9-19(21)27)3-4-15-7-16(25)11-31-10-15/h5-11H,1-2H3. The highest BCUT2D eigenvalue weighted by Gasteiger charge is 2.46. The Labute approximate surface area is 211 Å². The molecule has 1 heterocycles. The first kappa shape index (κ1) is 27.8. The average molecular weight is 563 g/mol. The minimum Gasteiger partial charge on any atom is -0.316 e. The molecule has 0 radical (unpaired) electrons. The summed E-state index contributed by atoms with van der Waals surface area (Å²) in [5, 5.41) is -0.126. The number of carbonyl (C=O) groups excluding carboxylic acids is 1. The Bertz CT molecular complexity index is 1540. The number of benzene rings is 2. The number of alkyl halides is 3. The van der Waals surface area contributed by atoms with E-state index in [4.69, 9.17) is 11.6 Å². The van der Waals surface area contributed by atoms with Gasteiger partial charge in [0.15, 0.2) is 17.3 Å². The van der Waals surface area contributed by atoms with E-state index >= 15 is 8.78 Å². The van der Waals surface area contributed by atoms with E-state index in [9.17, 15) is 30.8 Å². The topological polar surface area (TPSA) is 76.6 Å². The number of nitrogens with zero attached hydrogens (tertiary/aromatic N) is 2. The molecule has 3 aromatic rings. The maximum atomic E-state index is 15.0. The van der Waals surface area contributed by atoms with Gasteiger partial charge in [0.2, 0.25) is 0 Å². The van der Waals surface area contributed by atoms with Crippen LogP contribution in [0.15, 0.2) is 47.6 Å². The fourth-order valence-corrected chi connectivity index (χ4v) is 4.84. The fraction of sp³-hybridized carbons (Fsp3) is 0.130. The molecular formula is C23H13ClF6N2O4S. The lowest BCUT2D eigenvalue weighted by Gasteiger charge is -2.25. The Kier molecular flexibility index (Phi) is 7.75. The van der Waals surface area contributed by atoms with Crippen LogP contribution in [-0.2, 0) is 19.7 Å². The van der Waals surface area contributed by atoms with Gasteiger partial charge in [-0.1, -0.05) is 27.9 Å². The smallest absolute Gasteiger partial charge is 0.316 e. The summed E-state index contributed by atoms with van der Waals surface area (Å²) in [7, 11) is -5.36. The summed E-state index contributed by atoms with van der Waals surface area (Å²) in [5.41, 5.74) is -1.98. The zero-order valence-electron chi connectivity index (χ0n) is 18.6. The summed E-state index contributed by atoms with van der Waals surface area (Å²) in [6.07, 6.45) is -3.68. The minimum atomic E-state index is -5.72. The van der Waals surface area contributed by atoms with Gasteiger partial charge in [0.05, 0.1) is 11.1 Å². The number of hydrogen-bond acceptors (Lipinski definition) is 5. The number of aromatic nitrogens is 1. The average Bonchev–Trinajstić information content (AvgIpc) is 2.78. The quantitative estimate of drug-likeness (QED) is 0.242. The monoisotopic (exact) mass is 562 g/mol. The molecule has 0 N–H and O–H groups in total. The molecule has 0 aliphatic rings. The Morgan fingerprint density at radius 1 is 0.973 bits per heavy atom. The first-order valence-corrected chi connectivity index (χ1v) is 11.7. The van der Waals surface area contributed by atoms with Gasteiger partial charge in [0.25, 0.3) is 10.0 Å². The molecule has 0 spiro atoms. The van der Waals surface area contributed by atoms with E-state index in [2.05, 4.69) is 21.7 Å². The first-order valence-electron chi connectivity index (χ1n) is 9.84. The molecule has 2 aromatic carbocycles. The lowest BCUT2D eigenvalue weighted by Crippen LogP contribution is -2.40. The molecule has 0 fully saturated rings. The van der Waals surface area contributed by atoms with Gasteiger partial charge in [0.1, 0.15) is 5.82 Å². The number of pyridine rings is 1. The minimum absolute atomic E-state index is 0.0278. The molecule has 0 unspecified atom stereocenters. The van der Waals surface area contributed by atoms with Crippen LogP contribution in [0.4, 0.5) is 32.0 Å². The molecule has 1 aromatic heterocycles. The van der Waals surface area contributed by atoms with Crippen LogP contribution in [0.1, 0.15) is 22.3 Å². The lowest BCUT2D eigenvalue weighted by molar-refractivity contribution is -0.199. The molecule has 194 valence electrons. The summed E-state index contributed by atoms with van der Waals surface area (Å²) in [5.74, 6) is -2.63. The third kappa shape index (κ3) is 6.15. The number of carbonyl (C=O) groups is 1. The number of anilines is 1. The van der Waals surface area contributed by atoms with Crippen molar-refractivity contribution in [3.05, 3.63) is 87.5 Å². The fourth-order valence-electron chi connectivity index (χ4n) is 2.92. The summed E-state index contributed by atoms with van der Waals surface area (Å²) in [6, 6.07) is 4.25. The van der Waals surface area contributed by atoms with Crippen molar-refractivity contribution >= 4 is 33.3 Å². The zero-order valence-corrected chi connectivity index (χ0v) is 20.2. The van der Waals surface area contributed by atoms with Gasteiger partial charge in [-0.15, -0.1) is 0 Å². The van der Waals surface area contributed by atoms with Crippen LogP contribution >= 0.6 is 11.6 Å². The van der Waals surface area contributed by atoms with E-state index in [1.54, 1.807) is 0 Å². The first-order chi connectivity index (χ1) is 17.1. The van der Waals surface area contributed by atoms with Crippen molar-refractivity contribution in [3.8, 4) is 11.8 Å². The summed E-state index contributed by atoms with van der Waals surface area (Å²) < 4.78 is 108. The van der Waals surface area contributed by atoms with Crippen molar-refractivity contribution in [2.75, 3.05) is 4.47 Å². The molecule has 0 aliphatic carbocycles. The second-order valence-electron chi connectivity index (χ2n) is 7.41. The third-order valence-electron chi connectivity index (χ3n) is 4.59. The molecule has 0 bridgehead atoms. The second kappa shape index (κ2) is 10.3. The second-order valence-corrected chi connectivity index (χ2v) is 9.54. The van der Waals surface area contributed by atoms with Crippen LogP contribution < -0.4 is 4.47 Å². The number of sulfonamides is 1. The highest BCUT2D eigenvalue weighted by Crippen LogP contribution is 2.35. The maximum Gasteiger partial charge on any atom is 0.493 e. The number of hydrogen-bond donors (Lipinski definition) is 0. The van der Waals surface area contributed by atoms with Crippen molar-refractivity contribution in [3.63, 3.8) is 0 Å². The molecule has 37 heavy (non-hydrogen) atoms. The van der Waals surface area contributed by atoms with E-state index in [1.807, 2.05) is 0 Å². The van der Waals surface area contributed by atoms with Crippen molar-refractivity contribution in [1.82, 2.24) is 4.98 Å². The van der Waals surface area contributed by atoms with Crippen LogP contribution in [0.5, 0.6) is 0 Å². The van der Waals surface area contributed by atoms with Gasteiger partial charge in [-0.05, 0) is 55.3 Å². The molecule has 0 amide bonds. The van der Waals surface area contributed by atoms with E-state index in [0.717, 1.165) is 24.5 Å². The Morgan fingerprint density at radius 2 is 1.57 bits per heavy atom. The van der Waals surface area contributed by atoms with Gasteiger partial charge >= 0.3 is 12.1 Å². The molecular weight excluding hydrogens is 550 g/mol. The van der Waals surface area contributed by atoms with Gasteiger partial charge in [-0.25, -0.2) is 18.0 Å². The number of aryl methyl sites for hydroxylation is 1. The highest BCUT2D eigenvalue weighted by atomic mass is 35.5. The van der Waals surface area contributed by atoms with E-state index < -0.39 is 60.2 Å².